The van der Waals surface area contributed by atoms with Crippen LogP contribution < -0.4 is 5.73 Å². The van der Waals surface area contributed by atoms with E-state index in [9.17, 15) is 0 Å². The Hall–Kier alpha value is -0.0400. The predicted molar refractivity (Wildman–Crippen MR) is 65.7 cm³/mol. The average Bonchev–Trinajstić information content (AvgIpc) is 2.09. The van der Waals surface area contributed by atoms with Crippen LogP contribution >= 0.6 is 0 Å². The quantitative estimate of drug-likeness (QED) is 0.750. The molecule has 2 atom stereocenters. The first kappa shape index (κ1) is 11.4. The summed E-state index contributed by atoms with van der Waals surface area (Å²) in [7, 11) is 0. The molecule has 0 radical (unpaired) electrons. The van der Waals surface area contributed by atoms with E-state index in [0.717, 1.165) is 11.8 Å². The molecule has 2 rings (SSSR count). The van der Waals surface area contributed by atoms with Crippen LogP contribution in [0.3, 0.4) is 0 Å². The van der Waals surface area contributed by atoms with Crippen molar-refractivity contribution in [1.29, 1.82) is 0 Å². The summed E-state index contributed by atoms with van der Waals surface area (Å²) in [6, 6.07) is 0. The van der Waals surface area contributed by atoms with Gasteiger partial charge in [-0.1, -0.05) is 33.6 Å². The summed E-state index contributed by atoms with van der Waals surface area (Å²) in [6.45, 7) is 7.24. The molecule has 0 saturated heterocycles. The lowest BCUT2D eigenvalue weighted by molar-refractivity contribution is -0.0694. The minimum Gasteiger partial charge on any atom is -0.325 e. The highest BCUT2D eigenvalue weighted by Crippen LogP contribution is 2.58. The van der Waals surface area contributed by atoms with Crippen LogP contribution in [0.1, 0.15) is 65.7 Å². The summed E-state index contributed by atoms with van der Waals surface area (Å²) in [6.07, 6.45) is 9.47. The number of rotatable bonds is 4. The Balaban J connectivity index is 2.20. The van der Waals surface area contributed by atoms with Gasteiger partial charge in [-0.3, -0.25) is 0 Å². The minimum absolute atomic E-state index is 0.174. The standard InChI is InChI=1S/C14H27N/c1-4-11(2)13(3,12-7-5-8-12)14(15)9-6-10-14/h11-12H,4-10,15H2,1-3H3. The predicted octanol–water partition coefficient (Wildman–Crippen LogP) is 3.72. The molecule has 0 aromatic rings. The monoisotopic (exact) mass is 209 g/mol. The largest absolute Gasteiger partial charge is 0.325 e. The third-order valence-corrected chi connectivity index (χ3v) is 5.91. The molecule has 88 valence electrons. The fourth-order valence-corrected chi connectivity index (χ4v) is 3.83. The van der Waals surface area contributed by atoms with Crippen molar-refractivity contribution in [1.82, 2.24) is 0 Å². The van der Waals surface area contributed by atoms with Gasteiger partial charge in [0.2, 0.25) is 0 Å². The molecule has 2 aliphatic rings. The number of nitrogens with two attached hydrogens (primary N) is 1. The highest BCUT2D eigenvalue weighted by atomic mass is 14.8. The second kappa shape index (κ2) is 3.76. The maximum absolute atomic E-state index is 6.67. The summed E-state index contributed by atoms with van der Waals surface area (Å²) in [4.78, 5) is 0. The highest BCUT2D eigenvalue weighted by Gasteiger charge is 2.56. The van der Waals surface area contributed by atoms with Gasteiger partial charge in [0.1, 0.15) is 0 Å². The van der Waals surface area contributed by atoms with E-state index in [1.807, 2.05) is 0 Å². The Morgan fingerprint density at radius 1 is 1.33 bits per heavy atom. The van der Waals surface area contributed by atoms with Gasteiger partial charge >= 0.3 is 0 Å². The molecule has 2 fully saturated rings. The molecule has 0 aromatic carbocycles. The Kier molecular flexibility index (Phi) is 2.87. The number of hydrogen-bond acceptors (Lipinski definition) is 1. The molecule has 0 aromatic heterocycles. The van der Waals surface area contributed by atoms with E-state index >= 15 is 0 Å². The Morgan fingerprint density at radius 2 is 1.93 bits per heavy atom. The zero-order valence-corrected chi connectivity index (χ0v) is 10.7. The van der Waals surface area contributed by atoms with Gasteiger partial charge in [0.15, 0.2) is 0 Å². The molecule has 0 heterocycles. The lowest BCUT2D eigenvalue weighted by Crippen LogP contribution is -2.64. The van der Waals surface area contributed by atoms with Gasteiger partial charge in [0.25, 0.3) is 0 Å². The van der Waals surface area contributed by atoms with E-state index in [2.05, 4.69) is 20.8 Å². The van der Waals surface area contributed by atoms with Crippen LogP contribution in [-0.4, -0.2) is 5.54 Å². The van der Waals surface area contributed by atoms with Crippen molar-refractivity contribution in [3.05, 3.63) is 0 Å². The molecule has 0 amide bonds. The summed E-state index contributed by atoms with van der Waals surface area (Å²) in [5.41, 5.74) is 7.26. The maximum atomic E-state index is 6.67. The third kappa shape index (κ3) is 1.46. The zero-order chi connectivity index (χ0) is 11.1. The Bertz CT molecular complexity index is 221. The molecule has 1 nitrogen and oxygen atoms in total. The first-order valence-electron chi connectivity index (χ1n) is 6.83. The van der Waals surface area contributed by atoms with Crippen molar-refractivity contribution in [3.8, 4) is 0 Å². The SMILES string of the molecule is CCC(C)C(C)(C1CCC1)C1(N)CCC1. The first-order chi connectivity index (χ1) is 7.04. The minimum atomic E-state index is 0.174. The van der Waals surface area contributed by atoms with Crippen molar-refractivity contribution in [2.45, 2.75) is 71.3 Å². The smallest absolute Gasteiger partial charge is 0.0213 e. The molecular formula is C14H27N. The van der Waals surface area contributed by atoms with Crippen LogP contribution in [0.15, 0.2) is 0 Å². The first-order valence-corrected chi connectivity index (χ1v) is 6.83. The van der Waals surface area contributed by atoms with Crippen LogP contribution in [-0.2, 0) is 0 Å². The summed E-state index contributed by atoms with van der Waals surface area (Å²) >= 11 is 0. The van der Waals surface area contributed by atoms with Gasteiger partial charge in [-0.25, -0.2) is 0 Å². The molecule has 15 heavy (non-hydrogen) atoms. The highest BCUT2D eigenvalue weighted by molar-refractivity contribution is 5.10. The van der Waals surface area contributed by atoms with Gasteiger partial charge in [-0.15, -0.1) is 0 Å². The van der Waals surface area contributed by atoms with Gasteiger partial charge in [0.05, 0.1) is 0 Å². The second-order valence-electron chi connectivity index (χ2n) is 6.23. The van der Waals surface area contributed by atoms with Crippen LogP contribution in [0.5, 0.6) is 0 Å². The lowest BCUT2D eigenvalue weighted by Gasteiger charge is -2.61. The molecule has 2 unspecified atom stereocenters. The average molecular weight is 209 g/mol. The van der Waals surface area contributed by atoms with E-state index in [1.54, 1.807) is 0 Å². The lowest BCUT2D eigenvalue weighted by atomic mass is 9.47. The van der Waals surface area contributed by atoms with Crippen molar-refractivity contribution in [2.75, 3.05) is 0 Å². The van der Waals surface area contributed by atoms with Crippen LogP contribution in [0, 0.1) is 17.3 Å². The fraction of sp³-hybridized carbons (Fsp3) is 1.00. The van der Waals surface area contributed by atoms with Gasteiger partial charge in [-0.05, 0) is 49.4 Å². The third-order valence-electron chi connectivity index (χ3n) is 5.91. The molecular weight excluding hydrogens is 182 g/mol. The van der Waals surface area contributed by atoms with Gasteiger partial charge in [-0.2, -0.15) is 0 Å². The van der Waals surface area contributed by atoms with E-state index in [-0.39, 0.29) is 5.54 Å². The van der Waals surface area contributed by atoms with Crippen molar-refractivity contribution in [2.24, 2.45) is 23.0 Å². The van der Waals surface area contributed by atoms with Crippen LogP contribution in [0.4, 0.5) is 0 Å². The molecule has 2 saturated carbocycles. The van der Waals surface area contributed by atoms with Gasteiger partial charge in [0, 0.05) is 5.54 Å². The van der Waals surface area contributed by atoms with Crippen LogP contribution in [0.2, 0.25) is 0 Å². The van der Waals surface area contributed by atoms with E-state index in [4.69, 9.17) is 5.73 Å². The second-order valence-corrected chi connectivity index (χ2v) is 6.23. The summed E-state index contributed by atoms with van der Waals surface area (Å²) < 4.78 is 0. The molecule has 2 aliphatic carbocycles. The molecule has 0 bridgehead atoms. The van der Waals surface area contributed by atoms with E-state index in [0.29, 0.717) is 5.41 Å². The summed E-state index contributed by atoms with van der Waals surface area (Å²) in [5, 5.41) is 0. The molecule has 0 aliphatic heterocycles. The zero-order valence-electron chi connectivity index (χ0n) is 10.7. The van der Waals surface area contributed by atoms with E-state index in [1.165, 1.54) is 44.9 Å². The topological polar surface area (TPSA) is 26.0 Å². The molecule has 1 heteroatoms. The fourth-order valence-electron chi connectivity index (χ4n) is 3.83. The van der Waals surface area contributed by atoms with E-state index < -0.39 is 0 Å². The van der Waals surface area contributed by atoms with Crippen molar-refractivity contribution >= 4 is 0 Å². The maximum Gasteiger partial charge on any atom is 0.0213 e. The molecule has 2 N–H and O–H groups in total. The molecule has 0 spiro atoms. The van der Waals surface area contributed by atoms with Crippen molar-refractivity contribution in [3.63, 3.8) is 0 Å². The summed E-state index contributed by atoms with van der Waals surface area (Å²) in [5.74, 6) is 1.70. The van der Waals surface area contributed by atoms with Gasteiger partial charge < -0.3 is 5.73 Å². The normalized spacial score (nSPS) is 31.2. The Morgan fingerprint density at radius 3 is 2.20 bits per heavy atom. The Labute approximate surface area is 94.8 Å². The van der Waals surface area contributed by atoms with Crippen molar-refractivity contribution < 1.29 is 0 Å². The number of hydrogen-bond donors (Lipinski definition) is 1. The van der Waals surface area contributed by atoms with Crippen LogP contribution in [0.25, 0.3) is 0 Å².